The summed E-state index contributed by atoms with van der Waals surface area (Å²) in [4.78, 5) is 12.3. The van der Waals surface area contributed by atoms with Crippen LogP contribution in [0, 0.1) is 0 Å². The number of hydrogen-bond donors (Lipinski definition) is 2. The Bertz CT molecular complexity index is 412. The van der Waals surface area contributed by atoms with Crippen molar-refractivity contribution in [3.63, 3.8) is 0 Å². The SMILES string of the molecule is CCCCCCCCCCCCCCCC[C@H](CC)NC(=O)C(O)CCCCCCCCCC. The van der Waals surface area contributed by atoms with E-state index in [4.69, 9.17) is 0 Å². The van der Waals surface area contributed by atoms with Crippen molar-refractivity contribution in [1.29, 1.82) is 0 Å². The van der Waals surface area contributed by atoms with Crippen molar-refractivity contribution >= 4 is 5.91 Å². The summed E-state index contributed by atoms with van der Waals surface area (Å²) in [5.74, 6) is -0.153. The van der Waals surface area contributed by atoms with Gasteiger partial charge in [-0.15, -0.1) is 0 Å². The first-order valence-electron chi connectivity index (χ1n) is 15.6. The van der Waals surface area contributed by atoms with Crippen molar-refractivity contribution in [3.05, 3.63) is 0 Å². The number of carbonyl (C=O) groups excluding carboxylic acids is 1. The summed E-state index contributed by atoms with van der Waals surface area (Å²) in [6, 6.07) is 0.220. The van der Waals surface area contributed by atoms with Crippen LogP contribution in [0.15, 0.2) is 0 Å². The molecular weight excluding hydrogens is 418 g/mol. The normalized spacial score (nSPS) is 13.2. The van der Waals surface area contributed by atoms with Gasteiger partial charge in [-0.2, -0.15) is 0 Å². The van der Waals surface area contributed by atoms with E-state index in [1.165, 1.54) is 128 Å². The van der Waals surface area contributed by atoms with Gasteiger partial charge in [-0.1, -0.05) is 162 Å². The summed E-state index contributed by atoms with van der Waals surface area (Å²) in [5.41, 5.74) is 0. The lowest BCUT2D eigenvalue weighted by Gasteiger charge is -2.19. The number of hydrogen-bond acceptors (Lipinski definition) is 2. The maximum Gasteiger partial charge on any atom is 0.249 e. The Kier molecular flexibility index (Phi) is 26.6. The zero-order chi connectivity index (χ0) is 25.1. The monoisotopic (exact) mass is 481 g/mol. The fraction of sp³-hybridized carbons (Fsp3) is 0.968. The molecule has 0 aromatic rings. The van der Waals surface area contributed by atoms with E-state index >= 15 is 0 Å². The van der Waals surface area contributed by atoms with Crippen molar-refractivity contribution < 1.29 is 9.90 Å². The number of amides is 1. The molecule has 0 aromatic carbocycles. The minimum absolute atomic E-state index is 0.153. The first kappa shape index (κ1) is 33.4. The summed E-state index contributed by atoms with van der Waals surface area (Å²) in [7, 11) is 0. The highest BCUT2D eigenvalue weighted by Crippen LogP contribution is 2.15. The second-order valence-electron chi connectivity index (χ2n) is 10.8. The number of aliphatic hydroxyl groups is 1. The fourth-order valence-electron chi connectivity index (χ4n) is 4.86. The Morgan fingerprint density at radius 1 is 0.529 bits per heavy atom. The van der Waals surface area contributed by atoms with E-state index < -0.39 is 6.10 Å². The highest BCUT2D eigenvalue weighted by Gasteiger charge is 2.17. The van der Waals surface area contributed by atoms with E-state index in [0.29, 0.717) is 6.42 Å². The number of unbranched alkanes of at least 4 members (excludes halogenated alkanes) is 20. The highest BCUT2D eigenvalue weighted by atomic mass is 16.3. The summed E-state index contributed by atoms with van der Waals surface area (Å²) < 4.78 is 0. The average molecular weight is 482 g/mol. The maximum absolute atomic E-state index is 12.3. The van der Waals surface area contributed by atoms with Crippen LogP contribution in [0.3, 0.4) is 0 Å². The van der Waals surface area contributed by atoms with Gasteiger partial charge in [0.2, 0.25) is 5.91 Å². The van der Waals surface area contributed by atoms with Gasteiger partial charge in [0.05, 0.1) is 0 Å². The first-order valence-corrected chi connectivity index (χ1v) is 15.6. The molecule has 0 heterocycles. The third kappa shape index (κ3) is 23.2. The number of carbonyl (C=O) groups is 1. The molecule has 0 aliphatic carbocycles. The third-order valence-electron chi connectivity index (χ3n) is 7.38. The Morgan fingerprint density at radius 2 is 0.853 bits per heavy atom. The predicted octanol–water partition coefficient (Wildman–Crippen LogP) is 9.64. The predicted molar refractivity (Wildman–Crippen MR) is 150 cm³/mol. The molecule has 0 radical (unpaired) electrons. The van der Waals surface area contributed by atoms with Crippen molar-refractivity contribution in [2.24, 2.45) is 0 Å². The lowest BCUT2D eigenvalue weighted by Crippen LogP contribution is -2.41. The van der Waals surface area contributed by atoms with Crippen LogP contribution < -0.4 is 5.32 Å². The van der Waals surface area contributed by atoms with Crippen LogP contribution in [-0.2, 0) is 4.79 Å². The van der Waals surface area contributed by atoms with Crippen LogP contribution in [0.1, 0.15) is 181 Å². The number of aliphatic hydroxyl groups excluding tert-OH is 1. The van der Waals surface area contributed by atoms with Crippen molar-refractivity contribution in [1.82, 2.24) is 5.32 Å². The van der Waals surface area contributed by atoms with Gasteiger partial charge in [-0.3, -0.25) is 4.79 Å². The van der Waals surface area contributed by atoms with Gasteiger partial charge in [0.1, 0.15) is 6.10 Å². The van der Waals surface area contributed by atoms with E-state index in [-0.39, 0.29) is 11.9 Å². The zero-order valence-electron chi connectivity index (χ0n) is 23.7. The Balaban J connectivity index is 3.56. The molecule has 0 fully saturated rings. The molecule has 2 N–H and O–H groups in total. The fourth-order valence-corrected chi connectivity index (χ4v) is 4.86. The van der Waals surface area contributed by atoms with E-state index in [2.05, 4.69) is 26.1 Å². The summed E-state index contributed by atoms with van der Waals surface area (Å²) in [6.07, 6.45) is 30.9. The molecule has 0 spiro atoms. The molecule has 0 bridgehead atoms. The second-order valence-corrected chi connectivity index (χ2v) is 10.8. The lowest BCUT2D eigenvalue weighted by molar-refractivity contribution is -0.130. The third-order valence-corrected chi connectivity index (χ3v) is 7.38. The molecule has 34 heavy (non-hydrogen) atoms. The molecule has 0 aliphatic rings. The molecule has 1 amide bonds. The largest absolute Gasteiger partial charge is 0.383 e. The molecule has 2 atom stereocenters. The number of rotatable bonds is 27. The molecule has 3 heteroatoms. The quantitative estimate of drug-likeness (QED) is 0.115. The van der Waals surface area contributed by atoms with E-state index in [1.807, 2.05) is 0 Å². The van der Waals surface area contributed by atoms with Crippen molar-refractivity contribution in [3.8, 4) is 0 Å². The molecule has 0 saturated heterocycles. The molecule has 0 rings (SSSR count). The van der Waals surface area contributed by atoms with Crippen LogP contribution in [0.4, 0.5) is 0 Å². The topological polar surface area (TPSA) is 49.3 Å². The summed E-state index contributed by atoms with van der Waals surface area (Å²) >= 11 is 0. The van der Waals surface area contributed by atoms with Crippen LogP contribution in [0.2, 0.25) is 0 Å². The van der Waals surface area contributed by atoms with Gasteiger partial charge in [0.15, 0.2) is 0 Å². The Hall–Kier alpha value is -0.570. The Morgan fingerprint density at radius 3 is 1.21 bits per heavy atom. The second kappa shape index (κ2) is 27.0. The van der Waals surface area contributed by atoms with Gasteiger partial charge >= 0.3 is 0 Å². The van der Waals surface area contributed by atoms with Crippen LogP contribution in [0.25, 0.3) is 0 Å². The van der Waals surface area contributed by atoms with Gasteiger partial charge in [0.25, 0.3) is 0 Å². The molecule has 0 aromatic heterocycles. The van der Waals surface area contributed by atoms with Crippen molar-refractivity contribution in [2.75, 3.05) is 0 Å². The van der Waals surface area contributed by atoms with Crippen molar-refractivity contribution in [2.45, 2.75) is 193 Å². The highest BCUT2D eigenvalue weighted by molar-refractivity contribution is 5.80. The molecule has 1 unspecified atom stereocenters. The minimum Gasteiger partial charge on any atom is -0.383 e. The summed E-state index contributed by atoms with van der Waals surface area (Å²) in [5, 5.41) is 13.3. The zero-order valence-corrected chi connectivity index (χ0v) is 23.7. The van der Waals surface area contributed by atoms with Gasteiger partial charge in [-0.25, -0.2) is 0 Å². The van der Waals surface area contributed by atoms with Gasteiger partial charge in [-0.05, 0) is 19.3 Å². The van der Waals surface area contributed by atoms with Crippen LogP contribution in [0.5, 0.6) is 0 Å². The molecular formula is C31H63NO2. The minimum atomic E-state index is -0.828. The van der Waals surface area contributed by atoms with E-state index in [9.17, 15) is 9.90 Å². The van der Waals surface area contributed by atoms with E-state index in [0.717, 1.165) is 25.7 Å². The van der Waals surface area contributed by atoms with E-state index in [1.54, 1.807) is 0 Å². The first-order chi connectivity index (χ1) is 16.7. The average Bonchev–Trinajstić information content (AvgIpc) is 2.84. The van der Waals surface area contributed by atoms with Crippen LogP contribution >= 0.6 is 0 Å². The van der Waals surface area contributed by atoms with Crippen LogP contribution in [-0.4, -0.2) is 23.2 Å². The molecule has 0 saturated carbocycles. The lowest BCUT2D eigenvalue weighted by atomic mass is 10.0. The summed E-state index contributed by atoms with van der Waals surface area (Å²) in [6.45, 7) is 6.67. The number of nitrogens with one attached hydrogen (secondary N) is 1. The van der Waals surface area contributed by atoms with Gasteiger partial charge in [0, 0.05) is 6.04 Å². The Labute approximate surface area is 214 Å². The van der Waals surface area contributed by atoms with Gasteiger partial charge < -0.3 is 10.4 Å². The molecule has 204 valence electrons. The maximum atomic E-state index is 12.3. The standard InChI is InChI=1S/C31H63NO2/c1-4-7-9-11-13-15-16-17-18-19-20-21-23-25-27-29(6-3)32-31(34)30(33)28-26-24-22-14-12-10-8-5-2/h29-30,33H,4-28H2,1-3H3,(H,32,34)/t29-,30?/m0/s1. The molecule has 3 nitrogen and oxygen atoms in total. The smallest absolute Gasteiger partial charge is 0.249 e. The molecule has 0 aliphatic heterocycles.